The van der Waals surface area contributed by atoms with E-state index in [1.165, 1.54) is 44.8 Å². The van der Waals surface area contributed by atoms with Crippen LogP contribution in [0.15, 0.2) is 72.8 Å². The quantitative estimate of drug-likeness (QED) is 0.284. The monoisotopic (exact) mass is 452 g/mol. The maximum absolute atomic E-state index is 2.37. The zero-order chi connectivity index (χ0) is 24.5. The molecule has 0 N–H and O–H groups in total. The molecule has 34 heavy (non-hydrogen) atoms. The first-order valence-corrected chi connectivity index (χ1v) is 12.7. The Morgan fingerprint density at radius 3 is 1.06 bits per heavy atom. The minimum absolute atomic E-state index is 1.03. The molecule has 0 saturated heterocycles. The van der Waals surface area contributed by atoms with Gasteiger partial charge in [0.15, 0.2) is 0 Å². The van der Waals surface area contributed by atoms with Crippen LogP contribution in [0.2, 0.25) is 0 Å². The average Bonchev–Trinajstić information content (AvgIpc) is 2.87. The summed E-state index contributed by atoms with van der Waals surface area (Å²) in [5.74, 6) is 0. The number of nitrogens with zero attached hydrogens (tertiary/aromatic N) is 2. The lowest BCUT2D eigenvalue weighted by atomic mass is 10.0. The summed E-state index contributed by atoms with van der Waals surface area (Å²) < 4.78 is 0. The van der Waals surface area contributed by atoms with E-state index >= 15 is 0 Å². The molecule has 0 bridgehead atoms. The summed E-state index contributed by atoms with van der Waals surface area (Å²) >= 11 is 0. The first-order chi connectivity index (χ1) is 16.5. The molecule has 0 aliphatic rings. The number of anilines is 2. The van der Waals surface area contributed by atoms with Gasteiger partial charge in [0.25, 0.3) is 0 Å². The Bertz CT molecular complexity index is 989. The van der Waals surface area contributed by atoms with Gasteiger partial charge in [0.1, 0.15) is 0 Å². The van der Waals surface area contributed by atoms with Crippen molar-refractivity contribution in [3.05, 3.63) is 95.1 Å². The van der Waals surface area contributed by atoms with Crippen molar-refractivity contribution in [3.8, 4) is 0 Å². The van der Waals surface area contributed by atoms with E-state index in [0.29, 0.717) is 0 Å². The zero-order valence-electron chi connectivity index (χ0n) is 21.8. The van der Waals surface area contributed by atoms with E-state index in [9.17, 15) is 0 Å². The van der Waals surface area contributed by atoms with E-state index in [4.69, 9.17) is 0 Å². The van der Waals surface area contributed by atoms with Gasteiger partial charge in [0.05, 0.1) is 0 Å². The van der Waals surface area contributed by atoms with Crippen LogP contribution < -0.4 is 9.80 Å². The van der Waals surface area contributed by atoms with E-state index in [-0.39, 0.29) is 0 Å². The highest BCUT2D eigenvalue weighted by molar-refractivity contribution is 5.83. The van der Waals surface area contributed by atoms with Crippen molar-refractivity contribution < 1.29 is 0 Å². The summed E-state index contributed by atoms with van der Waals surface area (Å²) in [6, 6.07) is 26.6. The Kier molecular flexibility index (Phi) is 9.16. The second kappa shape index (κ2) is 12.3. The number of rotatable bonds is 10. The molecule has 2 nitrogen and oxygen atoms in total. The van der Waals surface area contributed by atoms with Gasteiger partial charge in [-0.15, -0.1) is 0 Å². The fourth-order valence-corrected chi connectivity index (χ4v) is 4.40. The Morgan fingerprint density at radius 2 is 0.794 bits per heavy atom. The van der Waals surface area contributed by atoms with E-state index in [0.717, 1.165) is 26.2 Å². The van der Waals surface area contributed by atoms with Gasteiger partial charge in [-0.1, -0.05) is 60.7 Å². The normalized spacial score (nSPS) is 12.1. The lowest BCUT2D eigenvalue weighted by molar-refractivity contribution is 0.866. The molecule has 3 aromatic rings. The summed E-state index contributed by atoms with van der Waals surface area (Å²) in [5, 5.41) is 0. The Morgan fingerprint density at radius 1 is 0.500 bits per heavy atom. The van der Waals surface area contributed by atoms with Gasteiger partial charge in [0, 0.05) is 37.6 Å². The molecule has 3 aromatic carbocycles. The number of allylic oxidation sites excluding steroid dienone is 2. The van der Waals surface area contributed by atoms with Crippen LogP contribution in [-0.2, 0) is 0 Å². The molecular weight excluding hydrogens is 412 g/mol. The first-order valence-electron chi connectivity index (χ1n) is 12.7. The molecule has 0 atom stereocenters. The van der Waals surface area contributed by atoms with Crippen molar-refractivity contribution in [1.29, 1.82) is 0 Å². The standard InChI is InChI=1S/C32H40N2/c1-7-33(8-2)31-19-15-29(16-20-31)25(5)23-27-11-13-28(14-12-27)24-26(6)30-17-21-32(22-18-30)34(9-3)10-4/h11-24H,7-10H2,1-6H3/b25-23-,26-24+. The SMILES string of the molecule is CCN(CC)c1ccc(/C(C)=C\c2ccc(/C=C(\C)c3ccc(N(CC)CC)cc3)cc2)cc1. The van der Waals surface area contributed by atoms with Crippen molar-refractivity contribution in [2.24, 2.45) is 0 Å². The van der Waals surface area contributed by atoms with Crippen molar-refractivity contribution in [2.75, 3.05) is 36.0 Å². The van der Waals surface area contributed by atoms with E-state index < -0.39 is 0 Å². The minimum atomic E-state index is 1.03. The molecule has 0 aliphatic heterocycles. The first kappa shape index (κ1) is 25.4. The summed E-state index contributed by atoms with van der Waals surface area (Å²) in [7, 11) is 0. The Hall–Kier alpha value is -3.26. The maximum Gasteiger partial charge on any atom is 0.0366 e. The van der Waals surface area contributed by atoms with Crippen LogP contribution in [0.4, 0.5) is 11.4 Å². The van der Waals surface area contributed by atoms with E-state index in [2.05, 4.69) is 136 Å². The van der Waals surface area contributed by atoms with Crippen molar-refractivity contribution >= 4 is 34.7 Å². The highest BCUT2D eigenvalue weighted by Gasteiger charge is 2.04. The molecule has 3 rings (SSSR count). The van der Waals surface area contributed by atoms with Crippen LogP contribution in [0.25, 0.3) is 23.3 Å². The third-order valence-corrected chi connectivity index (χ3v) is 6.61. The second-order valence-corrected chi connectivity index (χ2v) is 8.76. The smallest absolute Gasteiger partial charge is 0.0366 e. The van der Waals surface area contributed by atoms with Gasteiger partial charge in [-0.2, -0.15) is 0 Å². The van der Waals surface area contributed by atoms with Crippen LogP contribution in [0.5, 0.6) is 0 Å². The predicted molar refractivity (Wildman–Crippen MR) is 154 cm³/mol. The van der Waals surface area contributed by atoms with Crippen LogP contribution >= 0.6 is 0 Å². The predicted octanol–water partition coefficient (Wildman–Crippen LogP) is 8.50. The molecular formula is C32H40N2. The third kappa shape index (κ3) is 6.41. The molecule has 0 amide bonds. The zero-order valence-corrected chi connectivity index (χ0v) is 21.8. The van der Waals surface area contributed by atoms with E-state index in [1.807, 2.05) is 0 Å². The second-order valence-electron chi connectivity index (χ2n) is 8.76. The molecule has 0 radical (unpaired) electrons. The van der Waals surface area contributed by atoms with Crippen molar-refractivity contribution in [2.45, 2.75) is 41.5 Å². The largest absolute Gasteiger partial charge is 0.372 e. The van der Waals surface area contributed by atoms with E-state index in [1.54, 1.807) is 0 Å². The topological polar surface area (TPSA) is 6.48 Å². The lowest BCUT2D eigenvalue weighted by Gasteiger charge is -2.21. The Labute approximate surface area is 207 Å². The highest BCUT2D eigenvalue weighted by atomic mass is 15.1. The summed E-state index contributed by atoms with van der Waals surface area (Å²) in [5.41, 5.74) is 10.1. The molecule has 0 spiro atoms. The molecule has 0 heterocycles. The van der Waals surface area contributed by atoms with Gasteiger partial charge in [-0.25, -0.2) is 0 Å². The summed E-state index contributed by atoms with van der Waals surface area (Å²) in [4.78, 5) is 4.74. The molecule has 0 aliphatic carbocycles. The van der Waals surface area contributed by atoms with Crippen LogP contribution in [0, 0.1) is 0 Å². The Balaban J connectivity index is 1.70. The van der Waals surface area contributed by atoms with Crippen LogP contribution in [0.3, 0.4) is 0 Å². The number of hydrogen-bond donors (Lipinski definition) is 0. The number of hydrogen-bond acceptors (Lipinski definition) is 2. The molecule has 0 fully saturated rings. The molecule has 2 heteroatoms. The lowest BCUT2D eigenvalue weighted by Crippen LogP contribution is -2.21. The third-order valence-electron chi connectivity index (χ3n) is 6.61. The summed E-state index contributed by atoms with van der Waals surface area (Å²) in [6.45, 7) is 17.3. The fraction of sp³-hybridized carbons (Fsp3) is 0.312. The minimum Gasteiger partial charge on any atom is -0.372 e. The number of benzene rings is 3. The van der Waals surface area contributed by atoms with Gasteiger partial charge in [-0.05, 0) is 99.2 Å². The van der Waals surface area contributed by atoms with Crippen LogP contribution in [-0.4, -0.2) is 26.2 Å². The van der Waals surface area contributed by atoms with Gasteiger partial charge >= 0.3 is 0 Å². The van der Waals surface area contributed by atoms with Gasteiger partial charge in [-0.3, -0.25) is 0 Å². The van der Waals surface area contributed by atoms with Gasteiger partial charge < -0.3 is 9.80 Å². The van der Waals surface area contributed by atoms with Gasteiger partial charge in [0.2, 0.25) is 0 Å². The highest BCUT2D eigenvalue weighted by Crippen LogP contribution is 2.24. The summed E-state index contributed by atoms with van der Waals surface area (Å²) in [6.07, 6.45) is 4.53. The molecule has 0 aromatic heterocycles. The molecule has 0 unspecified atom stereocenters. The molecule has 0 saturated carbocycles. The average molecular weight is 453 g/mol. The van der Waals surface area contributed by atoms with Crippen molar-refractivity contribution in [1.82, 2.24) is 0 Å². The van der Waals surface area contributed by atoms with Crippen LogP contribution in [0.1, 0.15) is 63.8 Å². The maximum atomic E-state index is 2.37. The molecule has 178 valence electrons. The fourth-order valence-electron chi connectivity index (χ4n) is 4.40. The van der Waals surface area contributed by atoms with Crippen molar-refractivity contribution in [3.63, 3.8) is 0 Å².